The van der Waals surface area contributed by atoms with Crippen LogP contribution >= 0.6 is 0 Å². The number of piperidine rings is 1. The minimum atomic E-state index is -0.551. The number of benzene rings is 2. The minimum absolute atomic E-state index is 0.0217. The fourth-order valence-electron chi connectivity index (χ4n) is 3.52. The number of amides is 2. The summed E-state index contributed by atoms with van der Waals surface area (Å²) in [5, 5.41) is 2.85. The Morgan fingerprint density at radius 2 is 1.60 bits per heavy atom. The molecule has 1 aliphatic heterocycles. The van der Waals surface area contributed by atoms with Crippen LogP contribution in [0.25, 0.3) is 0 Å². The predicted octanol–water partition coefficient (Wildman–Crippen LogP) is 2.89. The molecule has 2 aromatic rings. The summed E-state index contributed by atoms with van der Waals surface area (Å²) in [4.78, 5) is 27.0. The summed E-state index contributed by atoms with van der Waals surface area (Å²) in [6.07, 6.45) is 1.16. The summed E-state index contributed by atoms with van der Waals surface area (Å²) < 4.78 is 29.7. The van der Waals surface area contributed by atoms with Crippen LogP contribution in [0.3, 0.4) is 0 Å². The molecule has 30 heavy (non-hydrogen) atoms. The molecule has 1 aliphatic rings. The monoisotopic (exact) mass is 416 g/mol. The van der Waals surface area contributed by atoms with E-state index >= 15 is 0 Å². The van der Waals surface area contributed by atoms with Gasteiger partial charge in [0.1, 0.15) is 5.82 Å². The largest absolute Gasteiger partial charge is 0.493 e. The molecule has 0 aromatic heterocycles. The lowest BCUT2D eigenvalue weighted by Crippen LogP contribution is -2.46. The number of ether oxygens (including phenoxy) is 3. The lowest BCUT2D eigenvalue weighted by molar-refractivity contribution is 0.0697. The number of hydrogen-bond acceptors (Lipinski definition) is 5. The van der Waals surface area contributed by atoms with Gasteiger partial charge in [-0.3, -0.25) is 9.59 Å². The molecule has 0 spiro atoms. The van der Waals surface area contributed by atoms with Crippen molar-refractivity contribution in [2.45, 2.75) is 18.9 Å². The maximum Gasteiger partial charge on any atom is 0.254 e. The van der Waals surface area contributed by atoms with Crippen LogP contribution in [-0.2, 0) is 0 Å². The number of rotatable bonds is 6. The molecule has 7 nitrogen and oxygen atoms in total. The normalized spacial score (nSPS) is 14.2. The molecule has 1 saturated heterocycles. The van der Waals surface area contributed by atoms with Crippen molar-refractivity contribution in [3.8, 4) is 17.2 Å². The number of nitrogens with one attached hydrogen (secondary N) is 1. The Bertz CT molecular complexity index is 900. The van der Waals surface area contributed by atoms with E-state index in [0.717, 1.165) is 0 Å². The summed E-state index contributed by atoms with van der Waals surface area (Å²) in [6, 6.07) is 8.99. The molecule has 1 heterocycles. The summed E-state index contributed by atoms with van der Waals surface area (Å²) >= 11 is 0. The van der Waals surface area contributed by atoms with Gasteiger partial charge in [-0.1, -0.05) is 12.1 Å². The van der Waals surface area contributed by atoms with E-state index in [9.17, 15) is 14.0 Å². The second-order valence-corrected chi connectivity index (χ2v) is 6.93. The molecule has 1 fully saturated rings. The van der Waals surface area contributed by atoms with Crippen LogP contribution in [-0.4, -0.2) is 57.2 Å². The quantitative estimate of drug-likeness (QED) is 0.784. The molecule has 3 rings (SSSR count). The summed E-state index contributed by atoms with van der Waals surface area (Å²) in [6.45, 7) is 0.940. The van der Waals surface area contributed by atoms with Crippen LogP contribution in [0, 0.1) is 5.82 Å². The average Bonchev–Trinajstić information content (AvgIpc) is 2.78. The van der Waals surface area contributed by atoms with Crippen molar-refractivity contribution < 1.29 is 28.2 Å². The second kappa shape index (κ2) is 9.47. The SMILES string of the molecule is COc1cc(C(=O)N2CCC(NC(=O)c3ccccc3F)CC2)cc(OC)c1OC. The predicted molar refractivity (Wildman–Crippen MR) is 109 cm³/mol. The number of methoxy groups -OCH3 is 3. The summed E-state index contributed by atoms with van der Waals surface area (Å²) in [5.74, 6) is 0.0891. The molecule has 0 aliphatic carbocycles. The van der Waals surface area contributed by atoms with Crippen LogP contribution in [0.1, 0.15) is 33.6 Å². The zero-order chi connectivity index (χ0) is 21.7. The highest BCUT2D eigenvalue weighted by Gasteiger charge is 2.27. The van der Waals surface area contributed by atoms with Gasteiger partial charge in [0.05, 0.1) is 26.9 Å². The molecule has 0 saturated carbocycles. The molecule has 0 unspecified atom stereocenters. The van der Waals surface area contributed by atoms with Gasteiger partial charge in [0.25, 0.3) is 11.8 Å². The van der Waals surface area contributed by atoms with E-state index < -0.39 is 11.7 Å². The third-order valence-electron chi connectivity index (χ3n) is 5.15. The van der Waals surface area contributed by atoms with Gasteiger partial charge in [-0.05, 0) is 37.1 Å². The first kappa shape index (κ1) is 21.4. The number of carbonyl (C=O) groups is 2. The van der Waals surface area contributed by atoms with E-state index in [2.05, 4.69) is 5.32 Å². The van der Waals surface area contributed by atoms with Crippen LogP contribution in [0.15, 0.2) is 36.4 Å². The topological polar surface area (TPSA) is 77.1 Å². The highest BCUT2D eigenvalue weighted by molar-refractivity contribution is 5.96. The average molecular weight is 416 g/mol. The molecule has 0 atom stereocenters. The van der Waals surface area contributed by atoms with Gasteiger partial charge in [-0.2, -0.15) is 0 Å². The van der Waals surface area contributed by atoms with Crippen molar-refractivity contribution in [2.75, 3.05) is 34.4 Å². The zero-order valence-corrected chi connectivity index (χ0v) is 17.2. The Labute approximate surface area is 174 Å². The van der Waals surface area contributed by atoms with Crippen molar-refractivity contribution in [3.63, 3.8) is 0 Å². The Kier molecular flexibility index (Phi) is 6.76. The molecular formula is C22H25FN2O5. The number of nitrogens with zero attached hydrogens (tertiary/aromatic N) is 1. The van der Waals surface area contributed by atoms with Crippen LogP contribution in [0.4, 0.5) is 4.39 Å². The molecule has 160 valence electrons. The van der Waals surface area contributed by atoms with Crippen LogP contribution in [0.5, 0.6) is 17.2 Å². The Morgan fingerprint density at radius 3 is 2.13 bits per heavy atom. The molecule has 0 bridgehead atoms. The number of carbonyl (C=O) groups excluding carboxylic acids is 2. The highest BCUT2D eigenvalue weighted by Crippen LogP contribution is 2.38. The van der Waals surface area contributed by atoms with Gasteiger partial charge in [0.15, 0.2) is 11.5 Å². The Hall–Kier alpha value is -3.29. The maximum absolute atomic E-state index is 13.8. The van der Waals surface area contributed by atoms with E-state index in [1.54, 1.807) is 29.2 Å². The van der Waals surface area contributed by atoms with Gasteiger partial charge in [-0.15, -0.1) is 0 Å². The molecule has 1 N–H and O–H groups in total. The van der Waals surface area contributed by atoms with Gasteiger partial charge < -0.3 is 24.4 Å². The van der Waals surface area contributed by atoms with E-state index in [4.69, 9.17) is 14.2 Å². The molecule has 2 amide bonds. The molecular weight excluding hydrogens is 391 g/mol. The highest BCUT2D eigenvalue weighted by atomic mass is 19.1. The minimum Gasteiger partial charge on any atom is -0.493 e. The third kappa shape index (κ3) is 4.48. The third-order valence-corrected chi connectivity index (χ3v) is 5.15. The summed E-state index contributed by atoms with van der Waals surface area (Å²) in [5.41, 5.74) is 0.451. The fourth-order valence-corrected chi connectivity index (χ4v) is 3.52. The number of likely N-dealkylation sites (tertiary alicyclic amines) is 1. The molecule has 8 heteroatoms. The van der Waals surface area contributed by atoms with Crippen molar-refractivity contribution in [1.29, 1.82) is 0 Å². The molecule has 0 radical (unpaired) electrons. The van der Waals surface area contributed by atoms with Gasteiger partial charge >= 0.3 is 0 Å². The van der Waals surface area contributed by atoms with E-state index in [-0.39, 0.29) is 17.5 Å². The first-order chi connectivity index (χ1) is 14.5. The van der Waals surface area contributed by atoms with Gasteiger partial charge in [0.2, 0.25) is 5.75 Å². The lowest BCUT2D eigenvalue weighted by Gasteiger charge is -2.32. The van der Waals surface area contributed by atoms with E-state index in [1.165, 1.54) is 33.5 Å². The Morgan fingerprint density at radius 1 is 1.00 bits per heavy atom. The first-order valence-corrected chi connectivity index (χ1v) is 9.63. The van der Waals surface area contributed by atoms with Crippen molar-refractivity contribution in [1.82, 2.24) is 10.2 Å². The van der Waals surface area contributed by atoms with Gasteiger partial charge in [-0.25, -0.2) is 4.39 Å². The first-order valence-electron chi connectivity index (χ1n) is 9.63. The lowest BCUT2D eigenvalue weighted by atomic mass is 10.0. The zero-order valence-electron chi connectivity index (χ0n) is 17.2. The fraction of sp³-hybridized carbons (Fsp3) is 0.364. The smallest absolute Gasteiger partial charge is 0.254 e. The standard InChI is InChI=1S/C22H25FN2O5/c1-28-18-12-14(13-19(29-2)20(18)30-3)22(27)25-10-8-15(9-11-25)24-21(26)16-6-4-5-7-17(16)23/h4-7,12-13,15H,8-11H2,1-3H3,(H,24,26). The summed E-state index contributed by atoms with van der Waals surface area (Å²) in [7, 11) is 4.49. The van der Waals surface area contributed by atoms with E-state index in [1.807, 2.05) is 0 Å². The number of halogens is 1. The second-order valence-electron chi connectivity index (χ2n) is 6.93. The molecule has 2 aromatic carbocycles. The van der Waals surface area contributed by atoms with Crippen LogP contribution in [0.2, 0.25) is 0 Å². The maximum atomic E-state index is 13.8. The van der Waals surface area contributed by atoms with Crippen LogP contribution < -0.4 is 19.5 Å². The van der Waals surface area contributed by atoms with E-state index in [0.29, 0.717) is 48.7 Å². The van der Waals surface area contributed by atoms with Gasteiger partial charge in [0, 0.05) is 24.7 Å². The van der Waals surface area contributed by atoms with Crippen molar-refractivity contribution in [2.24, 2.45) is 0 Å². The van der Waals surface area contributed by atoms with Crippen molar-refractivity contribution in [3.05, 3.63) is 53.3 Å². The van der Waals surface area contributed by atoms with Crippen molar-refractivity contribution >= 4 is 11.8 Å². The Balaban J connectivity index is 1.64. The number of hydrogen-bond donors (Lipinski definition) is 1.